The average molecular weight is 214 g/mol. The van der Waals surface area contributed by atoms with Gasteiger partial charge in [0.25, 0.3) is 0 Å². The molecule has 0 aliphatic rings. The van der Waals surface area contributed by atoms with Crippen LogP contribution in [0, 0.1) is 0 Å². The lowest BCUT2D eigenvalue weighted by Gasteiger charge is -1.79. The van der Waals surface area contributed by atoms with E-state index in [1.807, 2.05) is 0 Å². The molecule has 0 aliphatic heterocycles. The summed E-state index contributed by atoms with van der Waals surface area (Å²) >= 11 is 0. The van der Waals surface area contributed by atoms with E-state index in [0.717, 1.165) is 0 Å². The van der Waals surface area contributed by atoms with E-state index >= 15 is 0 Å². The zero-order chi connectivity index (χ0) is 11.3. The molecule has 13 heavy (non-hydrogen) atoms. The van der Waals surface area contributed by atoms with Gasteiger partial charge in [-0.2, -0.15) is 8.78 Å². The molecule has 0 fully saturated rings. The quantitative estimate of drug-likeness (QED) is 0.616. The summed E-state index contributed by atoms with van der Waals surface area (Å²) in [5, 5.41) is 0. The Morgan fingerprint density at radius 3 is 1.15 bits per heavy atom. The monoisotopic (exact) mass is 214 g/mol. The number of halogens is 7. The fraction of sp³-hybridized carbons (Fsp3) is 0.667. The Labute approximate surface area is 71.0 Å². The average Bonchev–Trinajstić information content (AvgIpc) is 2.19. The summed E-state index contributed by atoms with van der Waals surface area (Å²) in [5.74, 6) is -1.99. The van der Waals surface area contributed by atoms with Crippen molar-refractivity contribution in [1.82, 2.24) is 0 Å². The highest BCUT2D eigenvalue weighted by atomic mass is 19.3. The van der Waals surface area contributed by atoms with E-state index in [4.69, 9.17) is 0 Å². The topological polar surface area (TPSA) is 0 Å². The number of alkyl halides is 4. The van der Waals surface area contributed by atoms with Crippen molar-refractivity contribution in [2.45, 2.75) is 0 Å². The van der Waals surface area contributed by atoms with Gasteiger partial charge in [-0.25, -0.2) is 17.6 Å². The summed E-state index contributed by atoms with van der Waals surface area (Å²) in [5.41, 5.74) is 0. The highest BCUT2D eigenvalue weighted by Gasteiger charge is 2.00. The van der Waals surface area contributed by atoms with Crippen molar-refractivity contribution in [1.29, 1.82) is 0 Å². The predicted octanol–water partition coefficient (Wildman–Crippen LogP) is 3.54. The van der Waals surface area contributed by atoms with E-state index in [1.165, 1.54) is 0 Å². The molecular formula is C6H9F7. The van der Waals surface area contributed by atoms with Gasteiger partial charge in [0.05, 0.1) is 7.18 Å². The van der Waals surface area contributed by atoms with Crippen molar-refractivity contribution in [3.8, 4) is 0 Å². The van der Waals surface area contributed by atoms with Crippen LogP contribution in [0.15, 0.2) is 11.9 Å². The third-order valence-electron chi connectivity index (χ3n) is 0.394. The first-order valence-corrected chi connectivity index (χ1v) is 2.85. The third-order valence-corrected chi connectivity index (χ3v) is 0.394. The molecule has 0 aromatic carbocycles. The molecule has 0 rings (SSSR count). The fourth-order valence-corrected chi connectivity index (χ4v) is 0.0505. The smallest absolute Gasteiger partial charge is 0.255 e. The van der Waals surface area contributed by atoms with Gasteiger partial charge in [-0.15, -0.1) is 0 Å². The lowest BCUT2D eigenvalue weighted by molar-refractivity contribution is 0.348. The van der Waals surface area contributed by atoms with Crippen LogP contribution in [0.3, 0.4) is 0 Å². The Balaban J connectivity index is -0.000000142. The fourth-order valence-electron chi connectivity index (χ4n) is 0.0505. The van der Waals surface area contributed by atoms with Crippen LogP contribution in [-0.2, 0) is 0 Å². The van der Waals surface area contributed by atoms with E-state index in [2.05, 4.69) is 0 Å². The first kappa shape index (κ1) is 18.1. The first-order chi connectivity index (χ1) is 6.09. The largest absolute Gasteiger partial charge is 0.304 e. The summed E-state index contributed by atoms with van der Waals surface area (Å²) < 4.78 is 73.3. The molecule has 0 N–H and O–H groups in total. The van der Waals surface area contributed by atoms with Gasteiger partial charge in [-0.05, 0) is 0 Å². The standard InChI is InChI=1S/C3H2F4.C2H4F2.CH3F/c4-1-2(5)3(6)7;3-1-2-4;1-2/h1H2;1-2H2;1H3. The molecule has 0 unspecified atom stereocenters. The molecule has 0 saturated heterocycles. The molecule has 0 bridgehead atoms. The van der Waals surface area contributed by atoms with Crippen LogP contribution in [0.25, 0.3) is 0 Å². The van der Waals surface area contributed by atoms with Gasteiger partial charge in [-0.1, -0.05) is 0 Å². The normalized spacial score (nSPS) is 7.38. The summed E-state index contributed by atoms with van der Waals surface area (Å²) in [4.78, 5) is 0. The van der Waals surface area contributed by atoms with E-state index in [-0.39, 0.29) is 0 Å². The minimum absolute atomic E-state index is 0.500. The van der Waals surface area contributed by atoms with Crippen molar-refractivity contribution in [2.24, 2.45) is 0 Å². The van der Waals surface area contributed by atoms with Crippen LogP contribution in [0.2, 0.25) is 0 Å². The van der Waals surface area contributed by atoms with Gasteiger partial charge < -0.3 is 0 Å². The van der Waals surface area contributed by atoms with Gasteiger partial charge in [0.1, 0.15) is 20.0 Å². The summed E-state index contributed by atoms with van der Waals surface area (Å²) in [6.45, 7) is -3.41. The van der Waals surface area contributed by atoms with E-state index in [9.17, 15) is 30.7 Å². The van der Waals surface area contributed by atoms with Gasteiger partial charge in [0.2, 0.25) is 0 Å². The predicted molar refractivity (Wildman–Crippen MR) is 35.3 cm³/mol. The molecular weight excluding hydrogens is 205 g/mol. The number of allylic oxidation sites excluding steroid dienone is 1. The van der Waals surface area contributed by atoms with Crippen molar-refractivity contribution in [2.75, 3.05) is 27.2 Å². The Morgan fingerprint density at radius 2 is 1.15 bits per heavy atom. The highest BCUT2D eigenvalue weighted by Crippen LogP contribution is 2.07. The van der Waals surface area contributed by atoms with Crippen LogP contribution in [0.4, 0.5) is 30.7 Å². The zero-order valence-electron chi connectivity index (χ0n) is 6.77. The lowest BCUT2D eigenvalue weighted by atomic mass is 10.6. The summed E-state index contributed by atoms with van der Waals surface area (Å²) in [7, 11) is 0.500. The van der Waals surface area contributed by atoms with Crippen LogP contribution in [0.5, 0.6) is 0 Å². The molecule has 7 heteroatoms. The molecule has 0 aromatic rings. The maximum absolute atomic E-state index is 11.0. The molecule has 82 valence electrons. The van der Waals surface area contributed by atoms with E-state index in [0.29, 0.717) is 7.18 Å². The van der Waals surface area contributed by atoms with Crippen molar-refractivity contribution in [3.05, 3.63) is 11.9 Å². The van der Waals surface area contributed by atoms with E-state index < -0.39 is 31.9 Å². The minimum Gasteiger partial charge on any atom is -0.255 e. The molecule has 0 amide bonds. The Hall–Kier alpha value is -0.750. The second-order valence-electron chi connectivity index (χ2n) is 1.18. The molecule has 0 nitrogen and oxygen atoms in total. The molecule has 0 radical (unpaired) electrons. The lowest BCUT2D eigenvalue weighted by Crippen LogP contribution is -1.74. The zero-order valence-corrected chi connectivity index (χ0v) is 6.77. The molecule has 0 heterocycles. The molecule has 0 atom stereocenters. The van der Waals surface area contributed by atoms with Gasteiger partial charge >= 0.3 is 6.08 Å². The Kier molecular flexibility index (Phi) is 24.2. The SMILES string of the molecule is CF.FCC(F)=C(F)F.FCCF. The van der Waals surface area contributed by atoms with Gasteiger partial charge in [0.15, 0.2) is 5.83 Å². The van der Waals surface area contributed by atoms with E-state index in [1.54, 1.807) is 0 Å². The third kappa shape index (κ3) is 24.6. The van der Waals surface area contributed by atoms with Crippen molar-refractivity contribution >= 4 is 0 Å². The van der Waals surface area contributed by atoms with Crippen LogP contribution < -0.4 is 0 Å². The first-order valence-electron chi connectivity index (χ1n) is 2.85. The molecule has 0 aliphatic carbocycles. The number of hydrogen-bond donors (Lipinski definition) is 0. The maximum atomic E-state index is 11.0. The Bertz CT molecular complexity index is 106. The minimum atomic E-state index is -2.58. The molecule has 0 saturated carbocycles. The van der Waals surface area contributed by atoms with Gasteiger partial charge in [0, 0.05) is 0 Å². The molecule has 0 spiro atoms. The Morgan fingerprint density at radius 1 is 0.846 bits per heavy atom. The van der Waals surface area contributed by atoms with Crippen LogP contribution in [0.1, 0.15) is 0 Å². The van der Waals surface area contributed by atoms with Crippen molar-refractivity contribution in [3.63, 3.8) is 0 Å². The van der Waals surface area contributed by atoms with Crippen LogP contribution in [-0.4, -0.2) is 27.2 Å². The maximum Gasteiger partial charge on any atom is 0.304 e. The summed E-state index contributed by atoms with van der Waals surface area (Å²) in [6, 6.07) is 0. The van der Waals surface area contributed by atoms with Crippen molar-refractivity contribution < 1.29 is 30.7 Å². The number of hydrogen-bond acceptors (Lipinski definition) is 0. The molecule has 0 aromatic heterocycles. The second-order valence-corrected chi connectivity index (χ2v) is 1.18. The van der Waals surface area contributed by atoms with Crippen LogP contribution >= 0.6 is 0 Å². The van der Waals surface area contributed by atoms with Gasteiger partial charge in [-0.3, -0.25) is 4.39 Å². The second kappa shape index (κ2) is 17.4. The summed E-state index contributed by atoms with van der Waals surface area (Å²) in [6.07, 6.45) is -2.58. The number of rotatable bonds is 2. The highest BCUT2D eigenvalue weighted by molar-refractivity contribution is 4.90.